The van der Waals surface area contributed by atoms with Gasteiger partial charge in [-0.05, 0) is 19.4 Å². The lowest BCUT2D eigenvalue weighted by molar-refractivity contribution is 0.368. The fraction of sp³-hybridized carbons (Fsp3) is 0.600. The standard InChI is InChI=1S/C15H24ClNO2/c1-4-5-6-7-11(2)17-10-12-8-13(16)9-14(19-3)15(12)18/h8-9,11,17-18H,4-7,10H2,1-3H3. The molecule has 4 heteroatoms. The van der Waals surface area contributed by atoms with Gasteiger partial charge in [-0.15, -0.1) is 0 Å². The first-order valence-electron chi connectivity index (χ1n) is 6.87. The van der Waals surface area contributed by atoms with Crippen molar-refractivity contribution in [2.24, 2.45) is 0 Å². The van der Waals surface area contributed by atoms with Crippen LogP contribution in [0.25, 0.3) is 0 Å². The van der Waals surface area contributed by atoms with Gasteiger partial charge in [0.15, 0.2) is 11.5 Å². The van der Waals surface area contributed by atoms with Gasteiger partial charge < -0.3 is 15.2 Å². The Kier molecular flexibility index (Phi) is 7.03. The summed E-state index contributed by atoms with van der Waals surface area (Å²) in [7, 11) is 1.52. The summed E-state index contributed by atoms with van der Waals surface area (Å²) in [6, 6.07) is 3.81. The van der Waals surface area contributed by atoms with Gasteiger partial charge in [-0.3, -0.25) is 0 Å². The van der Waals surface area contributed by atoms with Crippen LogP contribution in [0.5, 0.6) is 11.5 Å². The van der Waals surface area contributed by atoms with Crippen molar-refractivity contribution >= 4 is 11.6 Å². The second kappa shape index (κ2) is 8.28. The quantitative estimate of drug-likeness (QED) is 0.706. The first-order chi connectivity index (χ1) is 9.08. The van der Waals surface area contributed by atoms with E-state index in [1.165, 1.54) is 26.4 Å². The number of phenolic OH excluding ortho intramolecular Hbond substituents is 1. The Bertz CT molecular complexity index is 396. The summed E-state index contributed by atoms with van der Waals surface area (Å²) in [5.74, 6) is 0.586. The minimum absolute atomic E-state index is 0.167. The lowest BCUT2D eigenvalue weighted by Gasteiger charge is -2.15. The molecule has 1 aromatic rings. The SMILES string of the molecule is CCCCCC(C)NCc1cc(Cl)cc(OC)c1O. The number of benzene rings is 1. The topological polar surface area (TPSA) is 41.5 Å². The number of aromatic hydroxyl groups is 1. The third kappa shape index (κ3) is 5.29. The molecular weight excluding hydrogens is 262 g/mol. The minimum Gasteiger partial charge on any atom is -0.504 e. The normalized spacial score (nSPS) is 12.4. The first kappa shape index (κ1) is 16.1. The van der Waals surface area contributed by atoms with Gasteiger partial charge in [-0.2, -0.15) is 0 Å². The molecule has 0 saturated heterocycles. The lowest BCUT2D eigenvalue weighted by atomic mass is 10.1. The molecule has 1 rings (SSSR count). The van der Waals surface area contributed by atoms with E-state index in [1.54, 1.807) is 12.1 Å². The molecule has 1 aromatic carbocycles. The van der Waals surface area contributed by atoms with Crippen molar-refractivity contribution < 1.29 is 9.84 Å². The number of hydrogen-bond acceptors (Lipinski definition) is 3. The summed E-state index contributed by atoms with van der Waals surface area (Å²) in [5, 5.41) is 14.0. The highest BCUT2D eigenvalue weighted by molar-refractivity contribution is 6.30. The van der Waals surface area contributed by atoms with E-state index in [0.29, 0.717) is 23.4 Å². The molecule has 108 valence electrons. The number of ether oxygens (including phenoxy) is 1. The maximum atomic E-state index is 10.0. The van der Waals surface area contributed by atoms with Crippen LogP contribution in [0.1, 0.15) is 45.1 Å². The summed E-state index contributed by atoms with van der Waals surface area (Å²) in [5.41, 5.74) is 0.770. The molecule has 0 bridgehead atoms. The number of hydrogen-bond donors (Lipinski definition) is 2. The average Bonchev–Trinajstić information content (AvgIpc) is 2.39. The number of rotatable bonds is 8. The zero-order chi connectivity index (χ0) is 14.3. The van der Waals surface area contributed by atoms with Gasteiger partial charge in [0.05, 0.1) is 7.11 Å². The van der Waals surface area contributed by atoms with Crippen molar-refractivity contribution in [1.82, 2.24) is 5.32 Å². The van der Waals surface area contributed by atoms with Crippen molar-refractivity contribution in [3.8, 4) is 11.5 Å². The zero-order valence-electron chi connectivity index (χ0n) is 12.0. The van der Waals surface area contributed by atoms with Gasteiger partial charge in [-0.25, -0.2) is 0 Å². The van der Waals surface area contributed by atoms with Gasteiger partial charge in [0.2, 0.25) is 0 Å². The Morgan fingerprint density at radius 2 is 2.11 bits per heavy atom. The molecule has 0 heterocycles. The molecule has 3 nitrogen and oxygen atoms in total. The Morgan fingerprint density at radius 3 is 2.74 bits per heavy atom. The van der Waals surface area contributed by atoms with Crippen LogP contribution in [0.2, 0.25) is 5.02 Å². The number of phenols is 1. The van der Waals surface area contributed by atoms with Crippen LogP contribution in [0.4, 0.5) is 0 Å². The predicted octanol–water partition coefficient (Wildman–Crippen LogP) is 4.11. The summed E-state index contributed by atoms with van der Waals surface area (Å²) in [6.45, 7) is 4.96. The molecule has 0 radical (unpaired) electrons. The Labute approximate surface area is 120 Å². The van der Waals surface area contributed by atoms with E-state index in [-0.39, 0.29) is 5.75 Å². The molecule has 0 aromatic heterocycles. The maximum Gasteiger partial charge on any atom is 0.162 e. The molecule has 0 aliphatic rings. The molecule has 0 fully saturated rings. The molecule has 19 heavy (non-hydrogen) atoms. The summed E-state index contributed by atoms with van der Waals surface area (Å²) in [6.07, 6.45) is 4.88. The summed E-state index contributed by atoms with van der Waals surface area (Å²) in [4.78, 5) is 0. The fourth-order valence-corrected chi connectivity index (χ4v) is 2.24. The second-order valence-corrected chi connectivity index (χ2v) is 5.33. The van der Waals surface area contributed by atoms with Gasteiger partial charge in [0.1, 0.15) is 0 Å². The summed E-state index contributed by atoms with van der Waals surface area (Å²) >= 11 is 6.00. The van der Waals surface area contributed by atoms with E-state index in [0.717, 1.165) is 12.0 Å². The van der Waals surface area contributed by atoms with Crippen molar-refractivity contribution in [2.45, 2.75) is 52.1 Å². The highest BCUT2D eigenvalue weighted by Gasteiger charge is 2.10. The second-order valence-electron chi connectivity index (χ2n) is 4.89. The molecule has 0 saturated carbocycles. The molecule has 0 aliphatic carbocycles. The Morgan fingerprint density at radius 1 is 1.37 bits per heavy atom. The van der Waals surface area contributed by atoms with Crippen LogP contribution in [0.3, 0.4) is 0 Å². The predicted molar refractivity (Wildman–Crippen MR) is 80.1 cm³/mol. The van der Waals surface area contributed by atoms with Crippen LogP contribution in [-0.4, -0.2) is 18.3 Å². The van der Waals surface area contributed by atoms with Crippen LogP contribution in [0, 0.1) is 0 Å². The lowest BCUT2D eigenvalue weighted by Crippen LogP contribution is -2.25. The van der Waals surface area contributed by atoms with Gasteiger partial charge in [0.25, 0.3) is 0 Å². The fourth-order valence-electron chi connectivity index (χ4n) is 2.01. The van der Waals surface area contributed by atoms with E-state index in [2.05, 4.69) is 19.2 Å². The number of unbranched alkanes of at least 4 members (excludes halogenated alkanes) is 2. The molecule has 0 amide bonds. The molecule has 0 spiro atoms. The third-order valence-corrected chi connectivity index (χ3v) is 3.44. The minimum atomic E-state index is 0.167. The first-order valence-corrected chi connectivity index (χ1v) is 7.25. The van der Waals surface area contributed by atoms with E-state index in [4.69, 9.17) is 16.3 Å². The van der Waals surface area contributed by atoms with Crippen molar-refractivity contribution in [3.05, 3.63) is 22.7 Å². The van der Waals surface area contributed by atoms with E-state index < -0.39 is 0 Å². The van der Waals surface area contributed by atoms with Crippen LogP contribution in [0.15, 0.2) is 12.1 Å². The molecule has 1 atom stereocenters. The smallest absolute Gasteiger partial charge is 0.162 e. The van der Waals surface area contributed by atoms with E-state index >= 15 is 0 Å². The third-order valence-electron chi connectivity index (χ3n) is 3.22. The maximum absolute atomic E-state index is 10.0. The molecule has 2 N–H and O–H groups in total. The van der Waals surface area contributed by atoms with E-state index in [1.807, 2.05) is 0 Å². The monoisotopic (exact) mass is 285 g/mol. The van der Waals surface area contributed by atoms with Crippen LogP contribution >= 0.6 is 11.6 Å². The van der Waals surface area contributed by atoms with Gasteiger partial charge >= 0.3 is 0 Å². The molecule has 1 unspecified atom stereocenters. The van der Waals surface area contributed by atoms with Crippen molar-refractivity contribution in [2.75, 3.05) is 7.11 Å². The zero-order valence-corrected chi connectivity index (χ0v) is 12.8. The van der Waals surface area contributed by atoms with Gasteiger partial charge in [0, 0.05) is 29.2 Å². The van der Waals surface area contributed by atoms with Crippen LogP contribution < -0.4 is 10.1 Å². The highest BCUT2D eigenvalue weighted by atomic mass is 35.5. The largest absolute Gasteiger partial charge is 0.504 e. The molecular formula is C15H24ClNO2. The number of nitrogens with one attached hydrogen (secondary N) is 1. The number of methoxy groups -OCH3 is 1. The Hall–Kier alpha value is -0.930. The highest BCUT2D eigenvalue weighted by Crippen LogP contribution is 2.33. The average molecular weight is 286 g/mol. The van der Waals surface area contributed by atoms with Crippen LogP contribution in [-0.2, 0) is 6.54 Å². The number of halogens is 1. The van der Waals surface area contributed by atoms with Gasteiger partial charge in [-0.1, -0.05) is 37.8 Å². The Balaban J connectivity index is 2.55. The summed E-state index contributed by atoms with van der Waals surface area (Å²) < 4.78 is 5.09. The van der Waals surface area contributed by atoms with Crippen molar-refractivity contribution in [1.29, 1.82) is 0 Å². The van der Waals surface area contributed by atoms with Crippen molar-refractivity contribution in [3.63, 3.8) is 0 Å². The molecule has 0 aliphatic heterocycles. The van der Waals surface area contributed by atoms with E-state index in [9.17, 15) is 5.11 Å².